The third kappa shape index (κ3) is 1.82. The molecule has 0 bridgehead atoms. The molecule has 0 radical (unpaired) electrons. The summed E-state index contributed by atoms with van der Waals surface area (Å²) in [6, 6.07) is -0.165. The van der Waals surface area contributed by atoms with E-state index in [2.05, 4.69) is 5.32 Å². The van der Waals surface area contributed by atoms with Gasteiger partial charge in [0.2, 0.25) is 11.8 Å². The number of amides is 2. The number of imide groups is 1. The van der Waals surface area contributed by atoms with Gasteiger partial charge in [0.25, 0.3) is 0 Å². The van der Waals surface area contributed by atoms with Gasteiger partial charge in [0.1, 0.15) is 0 Å². The number of hydrogen-bond donors (Lipinski definition) is 2. The first-order chi connectivity index (χ1) is 5.65. The molecule has 4 heteroatoms. The number of carbonyl (C=O) groups is 2. The van der Waals surface area contributed by atoms with Gasteiger partial charge in [0, 0.05) is 12.5 Å². The maximum atomic E-state index is 11.1. The van der Waals surface area contributed by atoms with Crippen LogP contribution in [0.3, 0.4) is 0 Å². The molecule has 0 aliphatic carbocycles. The summed E-state index contributed by atoms with van der Waals surface area (Å²) in [4.78, 5) is 21.9. The molecule has 2 amide bonds. The fourth-order valence-electron chi connectivity index (χ4n) is 1.45. The summed E-state index contributed by atoms with van der Waals surface area (Å²) in [5, 5.41) is 2.25. The van der Waals surface area contributed by atoms with E-state index in [0.717, 1.165) is 12.8 Å². The molecular formula is C8H14N2O2. The summed E-state index contributed by atoms with van der Waals surface area (Å²) in [5.41, 5.74) is 5.73. The van der Waals surface area contributed by atoms with Gasteiger partial charge in [-0.1, -0.05) is 13.3 Å². The molecule has 1 heterocycles. The number of hydrogen-bond acceptors (Lipinski definition) is 3. The smallest absolute Gasteiger partial charge is 0.231 e. The Hall–Kier alpha value is -0.900. The van der Waals surface area contributed by atoms with Gasteiger partial charge in [-0.2, -0.15) is 0 Å². The summed E-state index contributed by atoms with van der Waals surface area (Å²) in [5.74, 6) is -0.699. The van der Waals surface area contributed by atoms with Crippen LogP contribution in [0.1, 0.15) is 26.2 Å². The van der Waals surface area contributed by atoms with Crippen molar-refractivity contribution in [2.45, 2.75) is 32.2 Å². The normalized spacial score (nSPS) is 25.7. The van der Waals surface area contributed by atoms with Crippen molar-refractivity contribution in [2.24, 2.45) is 11.7 Å². The highest BCUT2D eigenvalue weighted by Crippen LogP contribution is 2.16. The fraction of sp³-hybridized carbons (Fsp3) is 0.750. The van der Waals surface area contributed by atoms with Crippen molar-refractivity contribution in [3.63, 3.8) is 0 Å². The quantitative estimate of drug-likeness (QED) is 0.575. The maximum absolute atomic E-state index is 11.1. The van der Waals surface area contributed by atoms with Crippen LogP contribution in [-0.2, 0) is 9.59 Å². The van der Waals surface area contributed by atoms with Crippen LogP contribution in [-0.4, -0.2) is 17.9 Å². The molecule has 0 aromatic heterocycles. The van der Waals surface area contributed by atoms with Crippen molar-refractivity contribution in [2.75, 3.05) is 0 Å². The highest BCUT2D eigenvalue weighted by Gasteiger charge is 2.34. The minimum absolute atomic E-state index is 0.165. The van der Waals surface area contributed by atoms with E-state index in [9.17, 15) is 9.59 Å². The molecule has 1 fully saturated rings. The molecule has 1 aliphatic rings. The average molecular weight is 170 g/mol. The fourth-order valence-corrected chi connectivity index (χ4v) is 1.45. The lowest BCUT2D eigenvalue weighted by Crippen LogP contribution is -2.35. The predicted octanol–water partition coefficient (Wildman–Crippen LogP) is -0.223. The second kappa shape index (κ2) is 3.67. The Balaban J connectivity index is 2.51. The van der Waals surface area contributed by atoms with Crippen LogP contribution in [0.25, 0.3) is 0 Å². The van der Waals surface area contributed by atoms with E-state index in [-0.39, 0.29) is 30.2 Å². The van der Waals surface area contributed by atoms with Crippen molar-refractivity contribution in [3.8, 4) is 0 Å². The Kier molecular flexibility index (Phi) is 2.81. The van der Waals surface area contributed by atoms with Gasteiger partial charge in [0.05, 0.1) is 5.92 Å². The van der Waals surface area contributed by atoms with Gasteiger partial charge < -0.3 is 5.73 Å². The molecule has 1 saturated heterocycles. The Morgan fingerprint density at radius 3 is 2.75 bits per heavy atom. The second-order valence-electron chi connectivity index (χ2n) is 3.18. The van der Waals surface area contributed by atoms with Gasteiger partial charge in [-0.15, -0.1) is 0 Å². The third-order valence-electron chi connectivity index (χ3n) is 2.14. The number of rotatable bonds is 3. The first-order valence-corrected chi connectivity index (χ1v) is 4.24. The van der Waals surface area contributed by atoms with Crippen LogP contribution in [0.2, 0.25) is 0 Å². The van der Waals surface area contributed by atoms with Crippen molar-refractivity contribution < 1.29 is 9.59 Å². The molecule has 1 rings (SSSR count). The maximum Gasteiger partial charge on any atom is 0.231 e. The Bertz CT molecular complexity index is 203. The van der Waals surface area contributed by atoms with Crippen molar-refractivity contribution >= 4 is 11.8 Å². The lowest BCUT2D eigenvalue weighted by atomic mass is 9.95. The molecule has 0 aromatic rings. The lowest BCUT2D eigenvalue weighted by Gasteiger charge is -2.14. The Morgan fingerprint density at radius 1 is 1.67 bits per heavy atom. The van der Waals surface area contributed by atoms with Crippen LogP contribution < -0.4 is 11.1 Å². The summed E-state index contributed by atoms with van der Waals surface area (Å²) < 4.78 is 0. The molecular weight excluding hydrogens is 156 g/mol. The van der Waals surface area contributed by atoms with Crippen LogP contribution >= 0.6 is 0 Å². The zero-order valence-corrected chi connectivity index (χ0v) is 7.17. The Morgan fingerprint density at radius 2 is 2.33 bits per heavy atom. The number of carbonyl (C=O) groups excluding carboxylic acids is 2. The van der Waals surface area contributed by atoms with Crippen LogP contribution in [0.15, 0.2) is 0 Å². The van der Waals surface area contributed by atoms with Crippen molar-refractivity contribution in [3.05, 3.63) is 0 Å². The first kappa shape index (κ1) is 9.19. The topological polar surface area (TPSA) is 72.2 Å². The van der Waals surface area contributed by atoms with E-state index < -0.39 is 0 Å². The molecule has 68 valence electrons. The van der Waals surface area contributed by atoms with E-state index in [4.69, 9.17) is 5.73 Å². The largest absolute Gasteiger partial charge is 0.327 e. The van der Waals surface area contributed by atoms with Crippen molar-refractivity contribution in [1.29, 1.82) is 0 Å². The Labute approximate surface area is 71.5 Å². The van der Waals surface area contributed by atoms with Crippen LogP contribution in [0.4, 0.5) is 0 Å². The van der Waals surface area contributed by atoms with Gasteiger partial charge in [-0.05, 0) is 6.42 Å². The molecule has 0 spiro atoms. The minimum Gasteiger partial charge on any atom is -0.327 e. The zero-order chi connectivity index (χ0) is 9.14. The van der Waals surface area contributed by atoms with Crippen molar-refractivity contribution in [1.82, 2.24) is 5.32 Å². The number of nitrogens with one attached hydrogen (secondary N) is 1. The van der Waals surface area contributed by atoms with Gasteiger partial charge >= 0.3 is 0 Å². The van der Waals surface area contributed by atoms with Crippen LogP contribution in [0, 0.1) is 5.92 Å². The summed E-state index contributed by atoms with van der Waals surface area (Å²) in [6.07, 6.45) is 2.00. The molecule has 12 heavy (non-hydrogen) atoms. The van der Waals surface area contributed by atoms with E-state index >= 15 is 0 Å². The van der Waals surface area contributed by atoms with Gasteiger partial charge in [-0.3, -0.25) is 14.9 Å². The lowest BCUT2D eigenvalue weighted by molar-refractivity contribution is -0.126. The van der Waals surface area contributed by atoms with Gasteiger partial charge in [-0.25, -0.2) is 0 Å². The molecule has 1 aliphatic heterocycles. The monoisotopic (exact) mass is 170 g/mol. The molecule has 3 N–H and O–H groups in total. The van der Waals surface area contributed by atoms with Crippen LogP contribution in [0.5, 0.6) is 0 Å². The summed E-state index contributed by atoms with van der Waals surface area (Å²) in [6.45, 7) is 2.01. The standard InChI is InChI=1S/C8H14N2O2/c1-2-3-6(9)5-4-7(11)10-8(5)12/h5-6H,2-4,9H2,1H3,(H,10,11,12). The number of nitrogens with two attached hydrogens (primary N) is 1. The van der Waals surface area contributed by atoms with Gasteiger partial charge in [0.15, 0.2) is 0 Å². The predicted molar refractivity (Wildman–Crippen MR) is 44.1 cm³/mol. The average Bonchev–Trinajstić information content (AvgIpc) is 2.30. The highest BCUT2D eigenvalue weighted by molar-refractivity contribution is 6.03. The third-order valence-corrected chi connectivity index (χ3v) is 2.14. The minimum atomic E-state index is -0.294. The zero-order valence-electron chi connectivity index (χ0n) is 7.17. The van der Waals surface area contributed by atoms with E-state index in [0.29, 0.717) is 0 Å². The second-order valence-corrected chi connectivity index (χ2v) is 3.18. The SMILES string of the molecule is CCCC(N)C1CC(=O)NC1=O. The molecule has 0 aromatic carbocycles. The summed E-state index contributed by atoms with van der Waals surface area (Å²) in [7, 11) is 0. The molecule has 0 saturated carbocycles. The summed E-state index contributed by atoms with van der Waals surface area (Å²) >= 11 is 0. The van der Waals surface area contributed by atoms with E-state index in [1.54, 1.807) is 0 Å². The van der Waals surface area contributed by atoms with E-state index in [1.165, 1.54) is 0 Å². The molecule has 2 atom stereocenters. The first-order valence-electron chi connectivity index (χ1n) is 4.24. The molecule has 4 nitrogen and oxygen atoms in total. The highest BCUT2D eigenvalue weighted by atomic mass is 16.2. The molecule has 2 unspecified atom stereocenters. The van der Waals surface area contributed by atoms with E-state index in [1.807, 2.05) is 6.92 Å².